The highest BCUT2D eigenvalue weighted by atomic mass is 16.5. The minimum atomic E-state index is -0.170. The molecule has 1 aromatic carbocycles. The number of aromatic amines is 1. The van der Waals surface area contributed by atoms with E-state index in [1.165, 1.54) is 0 Å². The highest BCUT2D eigenvalue weighted by Crippen LogP contribution is 2.24. The van der Waals surface area contributed by atoms with Gasteiger partial charge in [0, 0.05) is 5.56 Å². The third kappa shape index (κ3) is 2.38. The van der Waals surface area contributed by atoms with Crippen LogP contribution in [0.4, 0.5) is 0 Å². The van der Waals surface area contributed by atoms with Gasteiger partial charge in [0.2, 0.25) is 0 Å². The molecule has 0 bridgehead atoms. The van der Waals surface area contributed by atoms with Gasteiger partial charge in [0.25, 0.3) is 0 Å². The van der Waals surface area contributed by atoms with Crippen LogP contribution in [0.15, 0.2) is 30.5 Å². The van der Waals surface area contributed by atoms with Crippen LogP contribution in [-0.4, -0.2) is 24.1 Å². The number of H-pyrrole nitrogens is 1. The zero-order valence-electron chi connectivity index (χ0n) is 11.2. The van der Waals surface area contributed by atoms with Gasteiger partial charge in [-0.2, -0.15) is 0 Å². The van der Waals surface area contributed by atoms with Gasteiger partial charge in [-0.05, 0) is 33.0 Å². The third-order valence-electron chi connectivity index (χ3n) is 3.17. The van der Waals surface area contributed by atoms with E-state index in [2.05, 4.69) is 29.1 Å². The Kier molecular flexibility index (Phi) is 3.39. The van der Waals surface area contributed by atoms with E-state index in [-0.39, 0.29) is 5.54 Å². The number of aromatic nitrogens is 2. The highest BCUT2D eigenvalue weighted by Gasteiger charge is 2.21. The molecule has 0 radical (unpaired) electrons. The summed E-state index contributed by atoms with van der Waals surface area (Å²) in [4.78, 5) is 7.77. The lowest BCUT2D eigenvalue weighted by atomic mass is 10.1. The fourth-order valence-corrected chi connectivity index (χ4v) is 1.69. The minimum absolute atomic E-state index is 0.170. The summed E-state index contributed by atoms with van der Waals surface area (Å²) >= 11 is 0. The predicted molar refractivity (Wildman–Crippen MR) is 72.7 cm³/mol. The Bertz CT molecular complexity index is 531. The maximum absolute atomic E-state index is 5.22. The van der Waals surface area contributed by atoms with Crippen LogP contribution in [0, 0.1) is 0 Å². The maximum Gasteiger partial charge on any atom is 0.126 e. The molecule has 96 valence electrons. The van der Waals surface area contributed by atoms with Crippen molar-refractivity contribution >= 4 is 0 Å². The second-order valence-corrected chi connectivity index (χ2v) is 4.75. The molecule has 0 aliphatic heterocycles. The first-order valence-corrected chi connectivity index (χ1v) is 5.95. The Morgan fingerprint density at radius 3 is 2.78 bits per heavy atom. The van der Waals surface area contributed by atoms with Crippen molar-refractivity contribution in [1.82, 2.24) is 15.3 Å². The molecule has 2 aromatic rings. The second-order valence-electron chi connectivity index (χ2n) is 4.75. The van der Waals surface area contributed by atoms with Crippen molar-refractivity contribution in [2.24, 2.45) is 0 Å². The average Bonchev–Trinajstić information content (AvgIpc) is 2.89. The standard InChI is InChI=1S/C14H19N3O/c1-14(2,15-3)13-16-9-12(17-13)10-6-5-7-11(8-10)18-4/h5-9,15H,1-4H3,(H,16,17). The van der Waals surface area contributed by atoms with Crippen molar-refractivity contribution in [3.63, 3.8) is 0 Å². The Morgan fingerprint density at radius 1 is 1.33 bits per heavy atom. The van der Waals surface area contributed by atoms with Crippen molar-refractivity contribution in [2.75, 3.05) is 14.2 Å². The van der Waals surface area contributed by atoms with E-state index >= 15 is 0 Å². The molecule has 0 saturated carbocycles. The van der Waals surface area contributed by atoms with Gasteiger partial charge in [-0.3, -0.25) is 0 Å². The van der Waals surface area contributed by atoms with E-state index in [0.29, 0.717) is 0 Å². The van der Waals surface area contributed by atoms with Gasteiger partial charge >= 0.3 is 0 Å². The van der Waals surface area contributed by atoms with Crippen LogP contribution < -0.4 is 10.1 Å². The van der Waals surface area contributed by atoms with Crippen molar-refractivity contribution in [3.05, 3.63) is 36.3 Å². The summed E-state index contributed by atoms with van der Waals surface area (Å²) in [6, 6.07) is 7.92. The van der Waals surface area contributed by atoms with Gasteiger partial charge in [0.05, 0.1) is 24.5 Å². The van der Waals surface area contributed by atoms with Gasteiger partial charge in [0.1, 0.15) is 11.6 Å². The summed E-state index contributed by atoms with van der Waals surface area (Å²) < 4.78 is 5.22. The molecule has 2 rings (SSSR count). The SMILES string of the molecule is CNC(C)(C)c1ncc(-c2cccc(OC)c2)[nH]1. The Balaban J connectivity index is 2.35. The van der Waals surface area contributed by atoms with E-state index in [0.717, 1.165) is 22.8 Å². The van der Waals surface area contributed by atoms with Gasteiger partial charge in [-0.1, -0.05) is 12.1 Å². The monoisotopic (exact) mass is 245 g/mol. The van der Waals surface area contributed by atoms with Crippen LogP contribution in [-0.2, 0) is 5.54 Å². The molecule has 4 heteroatoms. The summed E-state index contributed by atoms with van der Waals surface area (Å²) in [5.41, 5.74) is 1.89. The number of hydrogen-bond acceptors (Lipinski definition) is 3. The van der Waals surface area contributed by atoms with Gasteiger partial charge in [-0.25, -0.2) is 4.98 Å². The summed E-state index contributed by atoms with van der Waals surface area (Å²) in [6.07, 6.45) is 1.85. The normalized spacial score (nSPS) is 11.6. The Morgan fingerprint density at radius 2 is 2.11 bits per heavy atom. The average molecular weight is 245 g/mol. The lowest BCUT2D eigenvalue weighted by molar-refractivity contribution is 0.415. The summed E-state index contributed by atoms with van der Waals surface area (Å²) in [7, 11) is 3.59. The fraction of sp³-hybridized carbons (Fsp3) is 0.357. The van der Waals surface area contributed by atoms with E-state index in [9.17, 15) is 0 Å². The molecule has 4 nitrogen and oxygen atoms in total. The number of methoxy groups -OCH3 is 1. The van der Waals surface area contributed by atoms with Crippen LogP contribution in [0.25, 0.3) is 11.3 Å². The molecular formula is C14H19N3O. The topological polar surface area (TPSA) is 49.9 Å². The first kappa shape index (κ1) is 12.6. The summed E-state index contributed by atoms with van der Waals surface area (Å²) in [6.45, 7) is 4.17. The van der Waals surface area contributed by atoms with Gasteiger partial charge in [-0.15, -0.1) is 0 Å². The van der Waals surface area contributed by atoms with Crippen LogP contribution in [0.5, 0.6) is 5.75 Å². The first-order valence-electron chi connectivity index (χ1n) is 5.95. The third-order valence-corrected chi connectivity index (χ3v) is 3.17. The van der Waals surface area contributed by atoms with Crippen molar-refractivity contribution in [3.8, 4) is 17.0 Å². The number of benzene rings is 1. The molecule has 18 heavy (non-hydrogen) atoms. The van der Waals surface area contributed by atoms with Crippen molar-refractivity contribution in [1.29, 1.82) is 0 Å². The largest absolute Gasteiger partial charge is 0.497 e. The van der Waals surface area contributed by atoms with E-state index < -0.39 is 0 Å². The molecule has 0 saturated heterocycles. The summed E-state index contributed by atoms with van der Waals surface area (Å²) in [5, 5.41) is 3.23. The molecule has 2 N–H and O–H groups in total. The number of nitrogens with one attached hydrogen (secondary N) is 2. The maximum atomic E-state index is 5.22. The summed E-state index contributed by atoms with van der Waals surface area (Å²) in [5.74, 6) is 1.76. The Labute approximate surface area is 107 Å². The zero-order valence-corrected chi connectivity index (χ0v) is 11.2. The zero-order chi connectivity index (χ0) is 13.2. The molecule has 0 amide bonds. The first-order chi connectivity index (χ1) is 8.56. The molecule has 0 spiro atoms. The lowest BCUT2D eigenvalue weighted by Gasteiger charge is -2.20. The predicted octanol–water partition coefficient (Wildman–Crippen LogP) is 2.54. The van der Waals surface area contributed by atoms with Crippen LogP contribution in [0.3, 0.4) is 0 Å². The van der Waals surface area contributed by atoms with Crippen molar-refractivity contribution in [2.45, 2.75) is 19.4 Å². The minimum Gasteiger partial charge on any atom is -0.497 e. The molecule has 1 heterocycles. The second kappa shape index (κ2) is 4.82. The van der Waals surface area contributed by atoms with E-state index in [4.69, 9.17) is 4.74 Å². The van der Waals surface area contributed by atoms with E-state index in [1.54, 1.807) is 7.11 Å². The smallest absolute Gasteiger partial charge is 0.126 e. The quantitative estimate of drug-likeness (QED) is 0.870. The fourth-order valence-electron chi connectivity index (χ4n) is 1.69. The number of imidazole rings is 1. The molecule has 0 fully saturated rings. The van der Waals surface area contributed by atoms with Gasteiger partial charge < -0.3 is 15.0 Å². The molecule has 0 atom stereocenters. The number of nitrogens with zero attached hydrogens (tertiary/aromatic N) is 1. The molecule has 0 aliphatic rings. The van der Waals surface area contributed by atoms with Crippen LogP contribution >= 0.6 is 0 Å². The van der Waals surface area contributed by atoms with Crippen molar-refractivity contribution < 1.29 is 4.74 Å². The lowest BCUT2D eigenvalue weighted by Crippen LogP contribution is -2.34. The number of rotatable bonds is 4. The number of hydrogen-bond donors (Lipinski definition) is 2. The molecule has 1 aromatic heterocycles. The number of ether oxygens (including phenoxy) is 1. The van der Waals surface area contributed by atoms with Gasteiger partial charge in [0.15, 0.2) is 0 Å². The molecular weight excluding hydrogens is 226 g/mol. The Hall–Kier alpha value is -1.81. The highest BCUT2D eigenvalue weighted by molar-refractivity contribution is 5.60. The molecule has 0 aliphatic carbocycles. The molecule has 0 unspecified atom stereocenters. The van der Waals surface area contributed by atoms with Crippen LogP contribution in [0.1, 0.15) is 19.7 Å². The van der Waals surface area contributed by atoms with Crippen LogP contribution in [0.2, 0.25) is 0 Å². The van der Waals surface area contributed by atoms with E-state index in [1.807, 2.05) is 37.5 Å².